The molecular formula is C22H20N2O4S. The van der Waals surface area contributed by atoms with Crippen molar-refractivity contribution in [2.24, 2.45) is 4.99 Å². The molecule has 0 bridgehead atoms. The van der Waals surface area contributed by atoms with Gasteiger partial charge in [0.1, 0.15) is 0 Å². The van der Waals surface area contributed by atoms with Gasteiger partial charge in [0.2, 0.25) is 5.91 Å². The normalized spacial score (nSPS) is 17.6. The molecule has 2 aromatic carbocycles. The summed E-state index contributed by atoms with van der Waals surface area (Å²) in [5.41, 5.74) is 2.33. The number of carbonyl (C=O) groups excluding carboxylic acids is 2. The maximum Gasteiger partial charge on any atom is 0.335 e. The molecule has 3 rings (SSSR count). The van der Waals surface area contributed by atoms with Crippen LogP contribution in [0.2, 0.25) is 0 Å². The largest absolute Gasteiger partial charge is 0.478 e. The van der Waals surface area contributed by atoms with Crippen molar-refractivity contribution in [1.29, 1.82) is 0 Å². The number of hydrogen-bond donors (Lipinski definition) is 1. The Morgan fingerprint density at radius 2 is 1.76 bits per heavy atom. The lowest BCUT2D eigenvalue weighted by molar-refractivity contribution is -0.125. The Labute approximate surface area is 172 Å². The highest BCUT2D eigenvalue weighted by molar-refractivity contribution is 8.15. The summed E-state index contributed by atoms with van der Waals surface area (Å²) >= 11 is 1.24. The lowest BCUT2D eigenvalue weighted by Gasteiger charge is -2.13. The molecule has 1 N–H and O–H groups in total. The maximum absolute atomic E-state index is 12.8. The Morgan fingerprint density at radius 3 is 2.34 bits per heavy atom. The van der Waals surface area contributed by atoms with Crippen molar-refractivity contribution in [2.45, 2.75) is 18.6 Å². The van der Waals surface area contributed by atoms with Crippen LogP contribution in [0, 0.1) is 6.92 Å². The number of amidine groups is 1. The van der Waals surface area contributed by atoms with E-state index >= 15 is 0 Å². The fraction of sp³-hybridized carbons (Fsp3) is 0.182. The van der Waals surface area contributed by atoms with Crippen LogP contribution in [0.25, 0.3) is 0 Å². The minimum absolute atomic E-state index is 0.0805. The smallest absolute Gasteiger partial charge is 0.335 e. The van der Waals surface area contributed by atoms with Crippen LogP contribution < -0.4 is 0 Å². The number of aryl methyl sites for hydroxylation is 1. The van der Waals surface area contributed by atoms with E-state index in [1.54, 1.807) is 30.3 Å². The molecule has 0 aromatic heterocycles. The molecule has 1 fully saturated rings. The summed E-state index contributed by atoms with van der Waals surface area (Å²) in [5, 5.41) is 8.92. The Morgan fingerprint density at radius 1 is 1.14 bits per heavy atom. The van der Waals surface area contributed by atoms with Crippen molar-refractivity contribution in [2.75, 3.05) is 6.54 Å². The fourth-order valence-corrected chi connectivity index (χ4v) is 4.00. The third-order valence-corrected chi connectivity index (χ3v) is 5.59. The van der Waals surface area contributed by atoms with Crippen LogP contribution in [0.15, 0.2) is 66.2 Å². The number of nitrogens with zero attached hydrogens (tertiary/aromatic N) is 2. The molecule has 1 atom stereocenters. The van der Waals surface area contributed by atoms with E-state index in [0.717, 1.165) is 5.56 Å². The van der Waals surface area contributed by atoms with Gasteiger partial charge in [0.25, 0.3) is 0 Å². The minimum atomic E-state index is -1.02. The molecular weight excluding hydrogens is 388 g/mol. The number of ketones is 1. The SMILES string of the molecule is C=CCN1C(=O)C(CC(=O)c2ccc(C)cc2)SC1=Nc1ccc(C(=O)O)cc1. The second-order valence-corrected chi connectivity index (χ2v) is 7.75. The van der Waals surface area contributed by atoms with Crippen molar-refractivity contribution in [3.63, 3.8) is 0 Å². The van der Waals surface area contributed by atoms with Crippen molar-refractivity contribution < 1.29 is 19.5 Å². The number of carboxylic acids is 1. The summed E-state index contributed by atoms with van der Waals surface area (Å²) in [7, 11) is 0. The molecule has 0 aliphatic carbocycles. The molecule has 29 heavy (non-hydrogen) atoms. The fourth-order valence-electron chi connectivity index (χ4n) is 2.84. The van der Waals surface area contributed by atoms with E-state index in [9.17, 15) is 14.4 Å². The van der Waals surface area contributed by atoms with Gasteiger partial charge in [0, 0.05) is 18.5 Å². The molecule has 0 saturated carbocycles. The first-order valence-corrected chi connectivity index (χ1v) is 9.88. The van der Waals surface area contributed by atoms with Crippen LogP contribution in [0.5, 0.6) is 0 Å². The lowest BCUT2D eigenvalue weighted by Crippen LogP contribution is -2.32. The van der Waals surface area contributed by atoms with Gasteiger partial charge in [0.15, 0.2) is 11.0 Å². The zero-order valence-corrected chi connectivity index (χ0v) is 16.7. The van der Waals surface area contributed by atoms with E-state index < -0.39 is 11.2 Å². The molecule has 0 radical (unpaired) electrons. The molecule has 1 amide bonds. The van der Waals surface area contributed by atoms with Crippen molar-refractivity contribution in [3.05, 3.63) is 77.9 Å². The molecule has 1 heterocycles. The molecule has 148 valence electrons. The maximum atomic E-state index is 12.8. The predicted octanol–water partition coefficient (Wildman–Crippen LogP) is 4.08. The zero-order valence-electron chi connectivity index (χ0n) is 15.9. The van der Waals surface area contributed by atoms with E-state index in [4.69, 9.17) is 5.11 Å². The van der Waals surface area contributed by atoms with Gasteiger partial charge in [-0.25, -0.2) is 9.79 Å². The number of thioether (sulfide) groups is 1. The molecule has 6 nitrogen and oxygen atoms in total. The number of rotatable bonds is 7. The Hall–Kier alpha value is -3.19. The summed E-state index contributed by atoms with van der Waals surface area (Å²) in [6.45, 7) is 5.92. The van der Waals surface area contributed by atoms with Gasteiger partial charge in [0.05, 0.1) is 16.5 Å². The summed E-state index contributed by atoms with van der Waals surface area (Å²) < 4.78 is 0. The van der Waals surface area contributed by atoms with Crippen molar-refractivity contribution >= 4 is 40.3 Å². The standard InChI is InChI=1S/C22H20N2O4S/c1-3-12-24-20(26)19(13-18(25)15-6-4-14(2)5-7-15)29-22(24)23-17-10-8-16(9-11-17)21(27)28/h3-11,19H,1,12-13H2,2H3,(H,27,28). The predicted molar refractivity (Wildman–Crippen MR) is 114 cm³/mol. The van der Waals surface area contributed by atoms with Gasteiger partial charge < -0.3 is 5.11 Å². The number of benzene rings is 2. The Balaban J connectivity index is 1.80. The second kappa shape index (κ2) is 8.87. The number of aromatic carboxylic acids is 1. The van der Waals surface area contributed by atoms with Crippen LogP contribution in [-0.4, -0.2) is 44.6 Å². The zero-order chi connectivity index (χ0) is 21.0. The quantitative estimate of drug-likeness (QED) is 0.551. The molecule has 7 heteroatoms. The summed E-state index contributed by atoms with van der Waals surface area (Å²) in [6.07, 6.45) is 1.68. The van der Waals surface area contributed by atoms with Gasteiger partial charge in [-0.05, 0) is 31.2 Å². The topological polar surface area (TPSA) is 87.0 Å². The number of amides is 1. The Kier molecular flexibility index (Phi) is 6.29. The van der Waals surface area contributed by atoms with Crippen LogP contribution in [0.3, 0.4) is 0 Å². The first kappa shape index (κ1) is 20.5. The molecule has 1 aliphatic rings. The summed E-state index contributed by atoms with van der Waals surface area (Å²) in [4.78, 5) is 42.4. The molecule has 2 aromatic rings. The Bertz CT molecular complexity index is 981. The van der Waals surface area contributed by atoms with E-state index in [1.165, 1.54) is 28.8 Å². The van der Waals surface area contributed by atoms with E-state index in [2.05, 4.69) is 11.6 Å². The highest BCUT2D eigenvalue weighted by Gasteiger charge is 2.38. The van der Waals surface area contributed by atoms with Crippen LogP contribution in [-0.2, 0) is 4.79 Å². The number of aliphatic imine (C=N–C) groups is 1. The van der Waals surface area contributed by atoms with E-state index in [0.29, 0.717) is 16.4 Å². The third-order valence-electron chi connectivity index (χ3n) is 4.42. The van der Waals surface area contributed by atoms with Crippen molar-refractivity contribution in [1.82, 2.24) is 4.90 Å². The first-order chi connectivity index (χ1) is 13.9. The van der Waals surface area contributed by atoms with Crippen molar-refractivity contribution in [3.8, 4) is 0 Å². The van der Waals surface area contributed by atoms with Gasteiger partial charge in [-0.1, -0.05) is 47.7 Å². The van der Waals surface area contributed by atoms with Gasteiger partial charge in [-0.2, -0.15) is 0 Å². The summed E-state index contributed by atoms with van der Waals surface area (Å²) in [5.74, 6) is -1.30. The first-order valence-electron chi connectivity index (χ1n) is 9.00. The molecule has 0 spiro atoms. The average Bonchev–Trinajstić information content (AvgIpc) is 2.98. The highest BCUT2D eigenvalue weighted by Crippen LogP contribution is 2.32. The number of Topliss-reactive ketones (excluding diaryl/α,β-unsaturated/α-hetero) is 1. The van der Waals surface area contributed by atoms with Crippen LogP contribution >= 0.6 is 11.8 Å². The van der Waals surface area contributed by atoms with Crippen LogP contribution in [0.4, 0.5) is 5.69 Å². The summed E-state index contributed by atoms with van der Waals surface area (Å²) in [6, 6.07) is 13.4. The van der Waals surface area contributed by atoms with Gasteiger partial charge in [-0.15, -0.1) is 6.58 Å². The van der Waals surface area contributed by atoms with Gasteiger partial charge >= 0.3 is 5.97 Å². The molecule has 1 aliphatic heterocycles. The minimum Gasteiger partial charge on any atom is -0.478 e. The van der Waals surface area contributed by atoms with Crippen LogP contribution in [0.1, 0.15) is 32.7 Å². The number of hydrogen-bond acceptors (Lipinski definition) is 5. The molecule has 1 saturated heterocycles. The third kappa shape index (κ3) is 4.81. The number of carbonyl (C=O) groups is 3. The lowest BCUT2D eigenvalue weighted by atomic mass is 10.0. The van der Waals surface area contributed by atoms with Gasteiger partial charge in [-0.3, -0.25) is 14.5 Å². The van der Waals surface area contributed by atoms with E-state index in [1.807, 2.05) is 19.1 Å². The van der Waals surface area contributed by atoms with E-state index in [-0.39, 0.29) is 30.2 Å². The number of carboxylic acid groups (broad SMARTS) is 1. The highest BCUT2D eigenvalue weighted by atomic mass is 32.2. The monoisotopic (exact) mass is 408 g/mol. The average molecular weight is 408 g/mol. The molecule has 1 unspecified atom stereocenters. The second-order valence-electron chi connectivity index (χ2n) is 6.58.